The lowest BCUT2D eigenvalue weighted by molar-refractivity contribution is -0.120. The van der Waals surface area contributed by atoms with Crippen LogP contribution < -0.4 is 5.32 Å². The van der Waals surface area contributed by atoms with Gasteiger partial charge in [-0.15, -0.1) is 0 Å². The summed E-state index contributed by atoms with van der Waals surface area (Å²) >= 11 is 3.16. The Hall–Kier alpha value is -0.900. The lowest BCUT2D eigenvalue weighted by Crippen LogP contribution is -2.29. The molecule has 1 aromatic rings. The normalized spacial score (nSPS) is 19.2. The SMILES string of the molecule is CCCC1Cc2cc(Br)c(F)cc2NC1=O. The van der Waals surface area contributed by atoms with Crippen LogP contribution in [0, 0.1) is 11.7 Å². The number of carbonyl (C=O) groups is 1. The summed E-state index contributed by atoms with van der Waals surface area (Å²) in [6.45, 7) is 2.06. The number of hydrogen-bond acceptors (Lipinski definition) is 1. The van der Waals surface area contributed by atoms with E-state index >= 15 is 0 Å². The molecule has 0 bridgehead atoms. The molecule has 2 nitrogen and oxygen atoms in total. The average Bonchev–Trinajstić information content (AvgIpc) is 2.23. The summed E-state index contributed by atoms with van der Waals surface area (Å²) in [5, 5.41) is 2.76. The molecule has 1 aromatic carbocycles. The Bertz CT molecular complexity index is 433. The van der Waals surface area contributed by atoms with E-state index in [0.29, 0.717) is 16.6 Å². The van der Waals surface area contributed by atoms with Crippen LogP contribution in [0.25, 0.3) is 0 Å². The van der Waals surface area contributed by atoms with Crippen molar-refractivity contribution in [3.63, 3.8) is 0 Å². The highest BCUT2D eigenvalue weighted by Crippen LogP contribution is 2.31. The third-order valence-corrected chi connectivity index (χ3v) is 3.49. The van der Waals surface area contributed by atoms with E-state index in [-0.39, 0.29) is 17.6 Å². The molecule has 1 atom stereocenters. The molecule has 0 aromatic heterocycles. The molecule has 0 radical (unpaired) electrons. The molecule has 1 amide bonds. The van der Waals surface area contributed by atoms with Crippen LogP contribution in [0.4, 0.5) is 10.1 Å². The number of benzene rings is 1. The lowest BCUT2D eigenvalue weighted by atomic mass is 9.90. The second-order valence-electron chi connectivity index (χ2n) is 4.10. The fourth-order valence-corrected chi connectivity index (χ4v) is 2.44. The molecule has 0 spiro atoms. The molecular formula is C12H13BrFNO. The fraction of sp³-hybridized carbons (Fsp3) is 0.417. The minimum absolute atomic E-state index is 0.0103. The van der Waals surface area contributed by atoms with E-state index in [1.165, 1.54) is 6.07 Å². The van der Waals surface area contributed by atoms with Crippen LogP contribution in [-0.2, 0) is 11.2 Å². The predicted octanol–water partition coefficient (Wildman–Crippen LogP) is 3.50. The van der Waals surface area contributed by atoms with Gasteiger partial charge in [0.1, 0.15) is 5.82 Å². The summed E-state index contributed by atoms with van der Waals surface area (Å²) < 4.78 is 13.7. The molecule has 1 heterocycles. The van der Waals surface area contributed by atoms with Gasteiger partial charge in [-0.2, -0.15) is 0 Å². The molecule has 4 heteroatoms. The van der Waals surface area contributed by atoms with Gasteiger partial charge in [-0.05, 0) is 46.5 Å². The summed E-state index contributed by atoms with van der Waals surface area (Å²) in [7, 11) is 0. The molecular weight excluding hydrogens is 273 g/mol. The van der Waals surface area contributed by atoms with Gasteiger partial charge >= 0.3 is 0 Å². The summed E-state index contributed by atoms with van der Waals surface area (Å²) in [4.78, 5) is 11.7. The molecule has 1 aliphatic heterocycles. The number of hydrogen-bond donors (Lipinski definition) is 1. The standard InChI is InChI=1S/C12H13BrFNO/c1-2-3-7-4-8-5-9(13)10(14)6-11(8)15-12(7)16/h5-7H,2-4H2,1H3,(H,15,16). The Morgan fingerprint density at radius 3 is 3.00 bits per heavy atom. The smallest absolute Gasteiger partial charge is 0.227 e. The second-order valence-corrected chi connectivity index (χ2v) is 4.96. The Balaban J connectivity index is 2.32. The maximum Gasteiger partial charge on any atom is 0.227 e. The predicted molar refractivity (Wildman–Crippen MR) is 64.8 cm³/mol. The number of halogens is 2. The van der Waals surface area contributed by atoms with Gasteiger partial charge < -0.3 is 5.32 Å². The largest absolute Gasteiger partial charge is 0.325 e. The molecule has 0 aliphatic carbocycles. The Morgan fingerprint density at radius 1 is 1.56 bits per heavy atom. The van der Waals surface area contributed by atoms with Crippen molar-refractivity contribution in [2.45, 2.75) is 26.2 Å². The molecule has 16 heavy (non-hydrogen) atoms. The topological polar surface area (TPSA) is 29.1 Å². The van der Waals surface area contributed by atoms with Crippen molar-refractivity contribution in [1.29, 1.82) is 0 Å². The maximum atomic E-state index is 13.3. The first kappa shape index (κ1) is 11.6. The minimum Gasteiger partial charge on any atom is -0.325 e. The van der Waals surface area contributed by atoms with Gasteiger partial charge in [-0.25, -0.2) is 4.39 Å². The first-order valence-corrected chi connectivity index (χ1v) is 6.20. The number of amides is 1. The zero-order chi connectivity index (χ0) is 11.7. The summed E-state index contributed by atoms with van der Waals surface area (Å²) in [6.07, 6.45) is 2.56. The van der Waals surface area contributed by atoms with E-state index in [2.05, 4.69) is 28.2 Å². The van der Waals surface area contributed by atoms with Gasteiger partial charge in [0, 0.05) is 11.6 Å². The fourth-order valence-electron chi connectivity index (χ4n) is 2.05. The first-order valence-electron chi connectivity index (χ1n) is 5.40. The van der Waals surface area contributed by atoms with Gasteiger partial charge in [0.05, 0.1) is 4.47 Å². The van der Waals surface area contributed by atoms with Crippen LogP contribution in [0.5, 0.6) is 0 Å². The van der Waals surface area contributed by atoms with E-state index < -0.39 is 0 Å². The van der Waals surface area contributed by atoms with Gasteiger partial charge in [0.25, 0.3) is 0 Å². The van der Waals surface area contributed by atoms with E-state index in [0.717, 1.165) is 18.4 Å². The first-order chi connectivity index (χ1) is 7.61. The maximum absolute atomic E-state index is 13.3. The Labute approximate surface area is 102 Å². The van der Waals surface area contributed by atoms with Crippen molar-refractivity contribution >= 4 is 27.5 Å². The highest BCUT2D eigenvalue weighted by atomic mass is 79.9. The van der Waals surface area contributed by atoms with Gasteiger partial charge in [-0.3, -0.25) is 4.79 Å². The van der Waals surface area contributed by atoms with Crippen molar-refractivity contribution in [3.05, 3.63) is 28.0 Å². The van der Waals surface area contributed by atoms with Crippen LogP contribution in [-0.4, -0.2) is 5.91 Å². The van der Waals surface area contributed by atoms with E-state index in [1.54, 1.807) is 6.07 Å². The molecule has 0 saturated heterocycles. The number of fused-ring (bicyclic) bond motifs is 1. The molecule has 1 unspecified atom stereocenters. The molecule has 0 saturated carbocycles. The van der Waals surface area contributed by atoms with Crippen molar-refractivity contribution in [2.24, 2.45) is 5.92 Å². The Kier molecular flexibility index (Phi) is 3.28. The van der Waals surface area contributed by atoms with Crippen LogP contribution in [0.2, 0.25) is 0 Å². The summed E-state index contributed by atoms with van der Waals surface area (Å²) in [5.41, 5.74) is 1.62. The van der Waals surface area contributed by atoms with Crippen LogP contribution >= 0.6 is 15.9 Å². The molecule has 2 rings (SSSR count). The number of carbonyl (C=O) groups excluding carboxylic acids is 1. The van der Waals surface area contributed by atoms with Crippen molar-refractivity contribution in [2.75, 3.05) is 5.32 Å². The number of nitrogens with one attached hydrogen (secondary N) is 1. The highest BCUT2D eigenvalue weighted by Gasteiger charge is 2.26. The molecule has 0 fully saturated rings. The van der Waals surface area contributed by atoms with Crippen LogP contribution in [0.3, 0.4) is 0 Å². The van der Waals surface area contributed by atoms with E-state index in [4.69, 9.17) is 0 Å². The van der Waals surface area contributed by atoms with Crippen molar-refractivity contribution in [3.8, 4) is 0 Å². The Morgan fingerprint density at radius 2 is 2.31 bits per heavy atom. The zero-order valence-electron chi connectivity index (χ0n) is 9.02. The number of anilines is 1. The van der Waals surface area contributed by atoms with Crippen LogP contribution in [0.1, 0.15) is 25.3 Å². The second kappa shape index (κ2) is 4.53. The molecule has 1 aliphatic rings. The van der Waals surface area contributed by atoms with Gasteiger partial charge in [0.2, 0.25) is 5.91 Å². The van der Waals surface area contributed by atoms with Gasteiger partial charge in [-0.1, -0.05) is 13.3 Å². The lowest BCUT2D eigenvalue weighted by Gasteiger charge is -2.24. The minimum atomic E-state index is -0.340. The van der Waals surface area contributed by atoms with Crippen molar-refractivity contribution < 1.29 is 9.18 Å². The summed E-state index contributed by atoms with van der Waals surface area (Å²) in [6, 6.07) is 3.13. The third kappa shape index (κ3) is 2.12. The van der Waals surface area contributed by atoms with Crippen LogP contribution in [0.15, 0.2) is 16.6 Å². The average molecular weight is 286 g/mol. The quantitative estimate of drug-likeness (QED) is 0.885. The number of rotatable bonds is 2. The zero-order valence-corrected chi connectivity index (χ0v) is 10.6. The molecule has 1 N–H and O–H groups in total. The molecule has 86 valence electrons. The monoisotopic (exact) mass is 285 g/mol. The van der Waals surface area contributed by atoms with E-state index in [9.17, 15) is 9.18 Å². The van der Waals surface area contributed by atoms with E-state index in [1.807, 2.05) is 0 Å². The summed E-state index contributed by atoms with van der Waals surface area (Å²) in [5.74, 6) is -0.307. The highest BCUT2D eigenvalue weighted by molar-refractivity contribution is 9.10. The van der Waals surface area contributed by atoms with Crippen molar-refractivity contribution in [1.82, 2.24) is 0 Å². The van der Waals surface area contributed by atoms with Gasteiger partial charge in [0.15, 0.2) is 0 Å². The third-order valence-electron chi connectivity index (χ3n) is 2.88.